The third-order valence-electron chi connectivity index (χ3n) is 3.67. The number of rotatable bonds is 2. The summed E-state index contributed by atoms with van der Waals surface area (Å²) >= 11 is 0. The number of furan rings is 1. The Kier molecular flexibility index (Phi) is 2.78. The normalized spacial score (nSPS) is 15.3. The highest BCUT2D eigenvalue weighted by atomic mass is 16.4. The van der Waals surface area contributed by atoms with Crippen molar-refractivity contribution in [3.05, 3.63) is 29.0 Å². The minimum atomic E-state index is 0.315. The van der Waals surface area contributed by atoms with Crippen LogP contribution in [0.4, 0.5) is 0 Å². The molecular formula is C15H19NO2. The summed E-state index contributed by atoms with van der Waals surface area (Å²) < 4.78 is 5.87. The lowest BCUT2D eigenvalue weighted by Crippen LogP contribution is -2.10. The van der Waals surface area contributed by atoms with Crippen LogP contribution < -0.4 is 0 Å². The van der Waals surface area contributed by atoms with Gasteiger partial charge in [0.25, 0.3) is 0 Å². The van der Waals surface area contributed by atoms with E-state index in [2.05, 4.69) is 6.07 Å². The van der Waals surface area contributed by atoms with E-state index in [1.807, 2.05) is 25.1 Å². The van der Waals surface area contributed by atoms with Gasteiger partial charge in [0.2, 0.25) is 0 Å². The van der Waals surface area contributed by atoms with Crippen molar-refractivity contribution in [2.24, 2.45) is 0 Å². The van der Waals surface area contributed by atoms with Gasteiger partial charge in [-0.2, -0.15) is 0 Å². The van der Waals surface area contributed by atoms with Crippen molar-refractivity contribution in [3.63, 3.8) is 0 Å². The molecule has 1 N–H and O–H groups in total. The largest absolute Gasteiger partial charge is 0.504 e. The van der Waals surface area contributed by atoms with E-state index in [-0.39, 0.29) is 0 Å². The molecule has 18 heavy (non-hydrogen) atoms. The SMILES string of the molecule is CN(C)Cc1ccc2c3c(oc2c1O)CCCC3. The minimum Gasteiger partial charge on any atom is -0.504 e. The Morgan fingerprint density at radius 2 is 2.00 bits per heavy atom. The van der Waals surface area contributed by atoms with Crippen LogP contribution in [0.1, 0.15) is 29.7 Å². The second-order valence-electron chi connectivity index (χ2n) is 5.40. The van der Waals surface area contributed by atoms with Crippen molar-refractivity contribution < 1.29 is 9.52 Å². The highest BCUT2D eigenvalue weighted by molar-refractivity contribution is 5.88. The van der Waals surface area contributed by atoms with E-state index in [4.69, 9.17) is 4.42 Å². The van der Waals surface area contributed by atoms with E-state index in [9.17, 15) is 5.11 Å². The summed E-state index contributed by atoms with van der Waals surface area (Å²) in [5.74, 6) is 1.39. The van der Waals surface area contributed by atoms with Crippen molar-refractivity contribution >= 4 is 11.0 Å². The lowest BCUT2D eigenvalue weighted by molar-refractivity contribution is 0.384. The van der Waals surface area contributed by atoms with Crippen LogP contribution in [0.25, 0.3) is 11.0 Å². The molecule has 0 radical (unpaired) electrons. The van der Waals surface area contributed by atoms with Crippen LogP contribution in [-0.2, 0) is 19.4 Å². The Hall–Kier alpha value is -1.48. The Morgan fingerprint density at radius 1 is 1.22 bits per heavy atom. The number of hydrogen-bond donors (Lipinski definition) is 1. The molecule has 96 valence electrons. The number of aromatic hydroxyl groups is 1. The quantitative estimate of drug-likeness (QED) is 0.883. The molecule has 1 heterocycles. The summed E-state index contributed by atoms with van der Waals surface area (Å²) in [5.41, 5.74) is 2.92. The van der Waals surface area contributed by atoms with Crippen LogP contribution in [0.5, 0.6) is 5.75 Å². The number of phenols is 1. The molecule has 3 nitrogen and oxygen atoms in total. The molecule has 0 bridgehead atoms. The van der Waals surface area contributed by atoms with E-state index in [1.165, 1.54) is 18.4 Å². The molecule has 0 amide bonds. The van der Waals surface area contributed by atoms with Crippen LogP contribution in [-0.4, -0.2) is 24.1 Å². The highest BCUT2D eigenvalue weighted by Gasteiger charge is 2.20. The van der Waals surface area contributed by atoms with Crippen LogP contribution >= 0.6 is 0 Å². The van der Waals surface area contributed by atoms with Gasteiger partial charge in [-0.1, -0.05) is 12.1 Å². The van der Waals surface area contributed by atoms with Gasteiger partial charge in [0, 0.05) is 29.5 Å². The number of phenolic OH excluding ortho intramolecular Hbond substituents is 1. The van der Waals surface area contributed by atoms with Crippen molar-refractivity contribution in [2.45, 2.75) is 32.2 Å². The molecule has 3 heteroatoms. The molecule has 1 aromatic heterocycles. The van der Waals surface area contributed by atoms with Crippen LogP contribution in [0.15, 0.2) is 16.5 Å². The Balaban J connectivity index is 2.14. The first-order valence-corrected chi connectivity index (χ1v) is 6.56. The van der Waals surface area contributed by atoms with Crippen LogP contribution in [0.3, 0.4) is 0 Å². The van der Waals surface area contributed by atoms with Gasteiger partial charge in [-0.15, -0.1) is 0 Å². The average molecular weight is 245 g/mol. The number of hydrogen-bond acceptors (Lipinski definition) is 3. The fourth-order valence-corrected chi connectivity index (χ4v) is 2.82. The molecule has 0 atom stereocenters. The molecule has 1 aromatic carbocycles. The molecule has 0 spiro atoms. The lowest BCUT2D eigenvalue weighted by atomic mass is 9.95. The van der Waals surface area contributed by atoms with Crippen molar-refractivity contribution in [2.75, 3.05) is 14.1 Å². The zero-order valence-corrected chi connectivity index (χ0v) is 11.0. The van der Waals surface area contributed by atoms with Crippen molar-refractivity contribution in [3.8, 4) is 5.75 Å². The van der Waals surface area contributed by atoms with Gasteiger partial charge < -0.3 is 14.4 Å². The van der Waals surface area contributed by atoms with Gasteiger partial charge in [-0.25, -0.2) is 0 Å². The van der Waals surface area contributed by atoms with E-state index >= 15 is 0 Å². The smallest absolute Gasteiger partial charge is 0.176 e. The van der Waals surface area contributed by atoms with Gasteiger partial charge in [-0.3, -0.25) is 0 Å². The van der Waals surface area contributed by atoms with Gasteiger partial charge in [0.05, 0.1) is 0 Å². The molecule has 0 saturated carbocycles. The predicted octanol–water partition coefficient (Wildman–Crippen LogP) is 3.08. The third-order valence-corrected chi connectivity index (χ3v) is 3.67. The maximum atomic E-state index is 10.3. The summed E-state index contributed by atoms with van der Waals surface area (Å²) in [6.07, 6.45) is 4.50. The third kappa shape index (κ3) is 1.79. The maximum Gasteiger partial charge on any atom is 0.176 e. The molecule has 0 aliphatic heterocycles. The average Bonchev–Trinajstić information content (AvgIpc) is 2.72. The molecule has 1 aliphatic rings. The van der Waals surface area contributed by atoms with Crippen molar-refractivity contribution in [1.82, 2.24) is 4.90 Å². The first-order valence-electron chi connectivity index (χ1n) is 6.56. The van der Waals surface area contributed by atoms with Gasteiger partial charge in [0.15, 0.2) is 11.3 Å². The number of fused-ring (bicyclic) bond motifs is 3. The molecule has 0 saturated heterocycles. The zero-order valence-electron chi connectivity index (χ0n) is 11.0. The fraction of sp³-hybridized carbons (Fsp3) is 0.467. The van der Waals surface area contributed by atoms with E-state index in [0.717, 1.165) is 36.1 Å². The Bertz CT molecular complexity index is 584. The minimum absolute atomic E-state index is 0.315. The van der Waals surface area contributed by atoms with Crippen LogP contribution in [0.2, 0.25) is 0 Å². The number of benzene rings is 1. The Morgan fingerprint density at radius 3 is 2.78 bits per heavy atom. The highest BCUT2D eigenvalue weighted by Crippen LogP contribution is 2.38. The number of nitrogens with zero attached hydrogens (tertiary/aromatic N) is 1. The topological polar surface area (TPSA) is 36.6 Å². The molecule has 0 unspecified atom stereocenters. The standard InChI is InChI=1S/C15H19NO2/c1-16(2)9-10-7-8-12-11-5-3-4-6-13(11)18-15(12)14(10)17/h7-8,17H,3-6,9H2,1-2H3. The molecule has 0 fully saturated rings. The second kappa shape index (κ2) is 4.32. The fourth-order valence-electron chi connectivity index (χ4n) is 2.82. The molecular weight excluding hydrogens is 226 g/mol. The van der Waals surface area contributed by atoms with E-state index < -0.39 is 0 Å². The van der Waals surface area contributed by atoms with E-state index in [1.54, 1.807) is 0 Å². The van der Waals surface area contributed by atoms with Gasteiger partial charge >= 0.3 is 0 Å². The van der Waals surface area contributed by atoms with Crippen molar-refractivity contribution in [1.29, 1.82) is 0 Å². The predicted molar refractivity (Wildman–Crippen MR) is 71.9 cm³/mol. The summed E-state index contributed by atoms with van der Waals surface area (Å²) in [5, 5.41) is 11.4. The second-order valence-corrected chi connectivity index (χ2v) is 5.40. The Labute approximate surface area is 107 Å². The zero-order chi connectivity index (χ0) is 12.7. The number of aryl methyl sites for hydroxylation is 2. The summed E-state index contributed by atoms with van der Waals surface area (Å²) in [6.45, 7) is 0.729. The lowest BCUT2D eigenvalue weighted by Gasteiger charge is -2.11. The van der Waals surface area contributed by atoms with Crippen LogP contribution in [0, 0.1) is 0 Å². The maximum absolute atomic E-state index is 10.3. The summed E-state index contributed by atoms with van der Waals surface area (Å²) in [6, 6.07) is 4.11. The van der Waals surface area contributed by atoms with Gasteiger partial charge in [-0.05, 0) is 33.4 Å². The van der Waals surface area contributed by atoms with Gasteiger partial charge in [0.1, 0.15) is 5.76 Å². The van der Waals surface area contributed by atoms with E-state index in [0.29, 0.717) is 11.3 Å². The molecule has 2 aromatic rings. The summed E-state index contributed by atoms with van der Waals surface area (Å²) in [7, 11) is 3.99. The molecule has 3 rings (SSSR count). The monoisotopic (exact) mass is 245 g/mol. The first kappa shape index (κ1) is 11.6. The first-order chi connectivity index (χ1) is 8.66. The molecule has 1 aliphatic carbocycles. The summed E-state index contributed by atoms with van der Waals surface area (Å²) in [4.78, 5) is 2.05.